The number of para-hydroxylation sites is 2. The van der Waals surface area contributed by atoms with Crippen LogP contribution in [0, 0.1) is 0 Å². The lowest BCUT2D eigenvalue weighted by atomic mass is 9.82. The Morgan fingerprint density at radius 3 is 1.97 bits per heavy atom. The van der Waals surface area contributed by atoms with Gasteiger partial charge in [0.15, 0.2) is 0 Å². The fraction of sp³-hybridized carbons (Fsp3) is 0.250. The van der Waals surface area contributed by atoms with E-state index >= 15 is 0 Å². The Bertz CT molecular complexity index is 1710. The van der Waals surface area contributed by atoms with Crippen molar-refractivity contribution in [3.8, 4) is 11.1 Å². The van der Waals surface area contributed by atoms with E-state index in [-0.39, 0.29) is 10.8 Å². The van der Waals surface area contributed by atoms with Crippen LogP contribution in [0.1, 0.15) is 52.7 Å². The monoisotopic (exact) mass is 446 g/mol. The molecule has 0 saturated carbocycles. The fourth-order valence-corrected chi connectivity index (χ4v) is 5.18. The average molecular weight is 447 g/mol. The molecule has 0 amide bonds. The topological polar surface area (TPSA) is 26.3 Å². The molecule has 2 heterocycles. The van der Waals surface area contributed by atoms with Gasteiger partial charge in [0.25, 0.3) is 0 Å². The van der Waals surface area contributed by atoms with Crippen molar-refractivity contribution in [2.45, 2.75) is 52.4 Å². The number of furan rings is 2. The van der Waals surface area contributed by atoms with E-state index in [0.29, 0.717) is 0 Å². The van der Waals surface area contributed by atoms with Gasteiger partial charge in [0.2, 0.25) is 0 Å². The van der Waals surface area contributed by atoms with Crippen molar-refractivity contribution in [1.29, 1.82) is 0 Å². The van der Waals surface area contributed by atoms with Crippen molar-refractivity contribution in [1.82, 2.24) is 0 Å². The van der Waals surface area contributed by atoms with E-state index in [4.69, 9.17) is 8.83 Å². The molecule has 6 rings (SSSR count). The summed E-state index contributed by atoms with van der Waals surface area (Å²) in [7, 11) is 0. The van der Waals surface area contributed by atoms with Crippen LogP contribution in [0.3, 0.4) is 0 Å². The van der Waals surface area contributed by atoms with Gasteiger partial charge in [0.05, 0.1) is 0 Å². The Balaban J connectivity index is 1.61. The van der Waals surface area contributed by atoms with E-state index < -0.39 is 0 Å². The molecule has 0 fully saturated rings. The minimum Gasteiger partial charge on any atom is -0.456 e. The highest BCUT2D eigenvalue weighted by Crippen LogP contribution is 2.42. The standard InChI is InChI=1S/C32H30O2/c1-31(2,3)24-12-9-11-22-21-15-14-19(17-27(21)34-30(22)24)20-16-25(32(4,5)6)29-23-10-7-8-13-26(23)33-28(29)18-20/h7-18H,1-6H3. The molecule has 0 aliphatic heterocycles. The number of hydrogen-bond donors (Lipinski definition) is 0. The Morgan fingerprint density at radius 2 is 1.21 bits per heavy atom. The van der Waals surface area contributed by atoms with E-state index in [9.17, 15) is 0 Å². The number of benzene rings is 4. The van der Waals surface area contributed by atoms with E-state index in [1.807, 2.05) is 6.07 Å². The molecular formula is C32H30O2. The molecule has 2 nitrogen and oxygen atoms in total. The molecule has 34 heavy (non-hydrogen) atoms. The highest BCUT2D eigenvalue weighted by molar-refractivity contribution is 6.09. The molecule has 0 spiro atoms. The lowest BCUT2D eigenvalue weighted by Crippen LogP contribution is -2.11. The van der Waals surface area contributed by atoms with Crippen molar-refractivity contribution >= 4 is 43.9 Å². The average Bonchev–Trinajstić information content (AvgIpc) is 3.34. The number of rotatable bonds is 1. The van der Waals surface area contributed by atoms with E-state index in [2.05, 4.69) is 108 Å². The first-order chi connectivity index (χ1) is 16.1. The second-order valence-corrected chi connectivity index (χ2v) is 11.5. The van der Waals surface area contributed by atoms with E-state index in [1.165, 1.54) is 27.3 Å². The lowest BCUT2D eigenvalue weighted by Gasteiger charge is -2.21. The predicted octanol–water partition coefficient (Wildman–Crippen LogP) is 9.75. The van der Waals surface area contributed by atoms with Gasteiger partial charge >= 0.3 is 0 Å². The largest absolute Gasteiger partial charge is 0.456 e. The summed E-state index contributed by atoms with van der Waals surface area (Å²) in [5.41, 5.74) is 8.59. The molecule has 0 atom stereocenters. The summed E-state index contributed by atoms with van der Waals surface area (Å²) in [6.45, 7) is 13.5. The Kier molecular flexibility index (Phi) is 4.33. The summed E-state index contributed by atoms with van der Waals surface area (Å²) in [6, 6.07) is 25.9. The molecule has 2 aromatic heterocycles. The normalized spacial score (nSPS) is 13.0. The number of hydrogen-bond acceptors (Lipinski definition) is 2. The highest BCUT2D eigenvalue weighted by Gasteiger charge is 2.23. The summed E-state index contributed by atoms with van der Waals surface area (Å²) < 4.78 is 12.8. The van der Waals surface area contributed by atoms with Gasteiger partial charge in [-0.25, -0.2) is 0 Å². The third-order valence-corrected chi connectivity index (χ3v) is 6.93. The van der Waals surface area contributed by atoms with Gasteiger partial charge in [-0.2, -0.15) is 0 Å². The smallest absolute Gasteiger partial charge is 0.139 e. The Morgan fingerprint density at radius 1 is 0.500 bits per heavy atom. The van der Waals surface area contributed by atoms with Crippen LogP contribution in [0.4, 0.5) is 0 Å². The summed E-state index contributed by atoms with van der Waals surface area (Å²) in [5, 5.41) is 4.73. The van der Waals surface area contributed by atoms with E-state index in [1.54, 1.807) is 0 Å². The van der Waals surface area contributed by atoms with Gasteiger partial charge in [-0.05, 0) is 57.9 Å². The SMILES string of the molecule is CC(C)(C)c1cccc2c1oc1cc(-c3cc(C(C)(C)C)c4c(c3)oc3ccccc34)ccc12. The maximum Gasteiger partial charge on any atom is 0.139 e. The summed E-state index contributed by atoms with van der Waals surface area (Å²) >= 11 is 0. The summed E-state index contributed by atoms with van der Waals surface area (Å²) in [5.74, 6) is 0. The molecule has 0 N–H and O–H groups in total. The fourth-order valence-electron chi connectivity index (χ4n) is 5.18. The van der Waals surface area contributed by atoms with Gasteiger partial charge in [-0.15, -0.1) is 0 Å². The van der Waals surface area contributed by atoms with Crippen LogP contribution in [-0.4, -0.2) is 0 Å². The molecule has 2 heteroatoms. The second kappa shape index (κ2) is 6.99. The highest BCUT2D eigenvalue weighted by atomic mass is 16.3. The Hall–Kier alpha value is -3.52. The van der Waals surface area contributed by atoms with Crippen LogP contribution in [0.15, 0.2) is 81.6 Å². The molecule has 170 valence electrons. The van der Waals surface area contributed by atoms with Crippen LogP contribution in [0.2, 0.25) is 0 Å². The zero-order chi connectivity index (χ0) is 23.8. The van der Waals surface area contributed by atoms with Crippen molar-refractivity contribution < 1.29 is 8.83 Å². The zero-order valence-corrected chi connectivity index (χ0v) is 20.7. The molecular weight excluding hydrogens is 416 g/mol. The van der Waals surface area contributed by atoms with Crippen LogP contribution < -0.4 is 0 Å². The molecule has 0 unspecified atom stereocenters. The first-order valence-electron chi connectivity index (χ1n) is 12.0. The first kappa shape index (κ1) is 21.0. The van der Waals surface area contributed by atoms with Crippen molar-refractivity contribution in [3.63, 3.8) is 0 Å². The van der Waals surface area contributed by atoms with Gasteiger partial charge in [-0.3, -0.25) is 0 Å². The van der Waals surface area contributed by atoms with Gasteiger partial charge < -0.3 is 8.83 Å². The van der Waals surface area contributed by atoms with Crippen LogP contribution in [-0.2, 0) is 10.8 Å². The van der Waals surface area contributed by atoms with Crippen molar-refractivity contribution in [2.75, 3.05) is 0 Å². The second-order valence-electron chi connectivity index (χ2n) is 11.5. The predicted molar refractivity (Wildman–Crippen MR) is 144 cm³/mol. The third kappa shape index (κ3) is 3.16. The van der Waals surface area contributed by atoms with Crippen LogP contribution >= 0.6 is 0 Å². The molecule has 0 bridgehead atoms. The van der Waals surface area contributed by atoms with Gasteiger partial charge in [0, 0.05) is 27.1 Å². The van der Waals surface area contributed by atoms with Crippen LogP contribution in [0.5, 0.6) is 0 Å². The van der Waals surface area contributed by atoms with Crippen LogP contribution in [0.25, 0.3) is 55.0 Å². The van der Waals surface area contributed by atoms with Gasteiger partial charge in [-0.1, -0.05) is 84.0 Å². The van der Waals surface area contributed by atoms with Gasteiger partial charge in [0.1, 0.15) is 22.3 Å². The van der Waals surface area contributed by atoms with E-state index in [0.717, 1.165) is 38.8 Å². The third-order valence-electron chi connectivity index (χ3n) is 6.93. The molecule has 6 aromatic rings. The Labute approximate surface area is 200 Å². The van der Waals surface area contributed by atoms with Crippen molar-refractivity contribution in [2.24, 2.45) is 0 Å². The minimum absolute atomic E-state index is 0.0180. The zero-order valence-electron chi connectivity index (χ0n) is 20.7. The molecule has 0 aliphatic rings. The maximum atomic E-state index is 6.48. The minimum atomic E-state index is -0.0218. The first-order valence-corrected chi connectivity index (χ1v) is 12.0. The molecule has 0 aliphatic carbocycles. The summed E-state index contributed by atoms with van der Waals surface area (Å²) in [4.78, 5) is 0. The molecule has 0 saturated heterocycles. The number of fused-ring (bicyclic) bond motifs is 6. The lowest BCUT2D eigenvalue weighted by molar-refractivity contribution is 0.573. The summed E-state index contributed by atoms with van der Waals surface area (Å²) in [6.07, 6.45) is 0. The quantitative estimate of drug-likeness (QED) is 0.251. The molecule has 4 aromatic carbocycles. The molecule has 0 radical (unpaired) electrons. The maximum absolute atomic E-state index is 6.48. The van der Waals surface area contributed by atoms with Crippen molar-refractivity contribution in [3.05, 3.63) is 83.9 Å².